The van der Waals surface area contributed by atoms with Gasteiger partial charge in [0.2, 0.25) is 0 Å². The summed E-state index contributed by atoms with van der Waals surface area (Å²) in [4.78, 5) is 55.4. The number of carbonyl (C=O) groups is 4. The van der Waals surface area contributed by atoms with Gasteiger partial charge in [-0.05, 0) is 91.9 Å². The van der Waals surface area contributed by atoms with Crippen molar-refractivity contribution in [2.45, 2.75) is 235 Å². The highest BCUT2D eigenvalue weighted by atomic mass is 16.6. The topological polar surface area (TPSA) is 223 Å². The molecule has 0 heterocycles. The number of esters is 4. The van der Waals surface area contributed by atoms with Crippen molar-refractivity contribution in [2.24, 2.45) is 5.41 Å². The average Bonchev–Trinajstić information content (AvgIpc) is 1.04. The van der Waals surface area contributed by atoms with Crippen LogP contribution in [0.15, 0.2) is 48.5 Å². The standard InChI is InChI=1S/C73H108O16/c1-65(2,3)49-33-45(34-50(61(49)78)66(4,5)6)82-29-25-57(74)86-41-73(42-87-58(75)26-30-83-46-35-51(67(7,8)9)62(79)52(36-46)68(10,11)12,43-88-59(76)27-31-84-47-37-53(69(13,14)15)63(80)54(38-47)70(16,17)18)44-89-60(77)28-32-85-48-39-55(71(19,20)21)64(81)56(40-48)72(22,23)24/h33-40,78-81H,25-32,41-44H2,1-24H3. The quantitative estimate of drug-likeness (QED) is 0.0378. The minimum atomic E-state index is -1.68. The minimum Gasteiger partial charge on any atom is -0.507 e. The lowest BCUT2D eigenvalue weighted by Crippen LogP contribution is -2.44. The zero-order chi connectivity index (χ0) is 67.8. The normalized spacial score (nSPS) is 12.9. The zero-order valence-electron chi connectivity index (χ0n) is 58.3. The summed E-state index contributed by atoms with van der Waals surface area (Å²) in [6.45, 7) is 44.9. The molecule has 0 saturated carbocycles. The van der Waals surface area contributed by atoms with E-state index in [1.54, 1.807) is 48.5 Å². The molecule has 4 aromatic carbocycles. The third-order valence-electron chi connectivity index (χ3n) is 15.3. The molecule has 89 heavy (non-hydrogen) atoms. The Kier molecular flexibility index (Phi) is 23.9. The first-order chi connectivity index (χ1) is 40.4. The van der Waals surface area contributed by atoms with Gasteiger partial charge < -0.3 is 58.3 Å². The molecule has 0 bridgehead atoms. The Hall–Kier alpha value is -6.84. The number of phenolic OH excluding ortho intramolecular Hbond substituents is 4. The van der Waals surface area contributed by atoms with Crippen molar-refractivity contribution in [3.63, 3.8) is 0 Å². The van der Waals surface area contributed by atoms with E-state index >= 15 is 0 Å². The summed E-state index contributed by atoms with van der Waals surface area (Å²) in [5, 5.41) is 45.2. The maximum absolute atomic E-state index is 13.8. The van der Waals surface area contributed by atoms with Crippen LogP contribution in [0.5, 0.6) is 46.0 Å². The van der Waals surface area contributed by atoms with Crippen molar-refractivity contribution in [2.75, 3.05) is 52.9 Å². The highest BCUT2D eigenvalue weighted by Gasteiger charge is 2.39. The van der Waals surface area contributed by atoms with Gasteiger partial charge in [-0.1, -0.05) is 166 Å². The maximum atomic E-state index is 13.8. The second-order valence-electron chi connectivity index (χ2n) is 32.0. The molecule has 0 aliphatic rings. The Bertz CT molecular complexity index is 2550. The van der Waals surface area contributed by atoms with Crippen LogP contribution in [-0.4, -0.2) is 97.2 Å². The summed E-state index contributed by atoms with van der Waals surface area (Å²) in [6.07, 6.45) is -1.00. The lowest BCUT2D eigenvalue weighted by Gasteiger charge is -2.31. The van der Waals surface area contributed by atoms with Gasteiger partial charge in [-0.3, -0.25) is 19.2 Å². The fourth-order valence-electron chi connectivity index (χ4n) is 9.82. The van der Waals surface area contributed by atoms with Crippen LogP contribution in [0.3, 0.4) is 0 Å². The van der Waals surface area contributed by atoms with E-state index in [0.717, 1.165) is 0 Å². The van der Waals surface area contributed by atoms with Crippen LogP contribution in [0.2, 0.25) is 0 Å². The Balaban J connectivity index is 1.68. The van der Waals surface area contributed by atoms with Crippen molar-refractivity contribution < 1.29 is 77.5 Å². The third kappa shape index (κ3) is 21.7. The molecular weight excluding hydrogens is 1130 g/mol. The number of aromatic hydroxyl groups is 4. The Morgan fingerprint density at radius 1 is 0.270 bits per heavy atom. The van der Waals surface area contributed by atoms with E-state index in [2.05, 4.69) is 0 Å². The number of benzene rings is 4. The van der Waals surface area contributed by atoms with E-state index in [9.17, 15) is 39.6 Å². The average molecular weight is 1240 g/mol. The highest BCUT2D eigenvalue weighted by Crippen LogP contribution is 2.46. The first kappa shape index (κ1) is 74.6. The third-order valence-corrected chi connectivity index (χ3v) is 15.3. The molecule has 4 N–H and O–H groups in total. The van der Waals surface area contributed by atoms with Crippen LogP contribution in [0, 0.1) is 5.41 Å². The van der Waals surface area contributed by atoms with E-state index < -0.39 is 99.0 Å². The van der Waals surface area contributed by atoms with Crippen LogP contribution < -0.4 is 18.9 Å². The van der Waals surface area contributed by atoms with Gasteiger partial charge in [-0.2, -0.15) is 0 Å². The summed E-state index contributed by atoms with van der Waals surface area (Å²) in [6, 6.07) is 14.0. The molecule has 4 aromatic rings. The molecule has 16 nitrogen and oxygen atoms in total. The predicted octanol–water partition coefficient (Wildman–Crippen LogP) is 15.2. The summed E-state index contributed by atoms with van der Waals surface area (Å²) in [5.41, 5.74) is 0.220. The van der Waals surface area contributed by atoms with Gasteiger partial charge in [-0.25, -0.2) is 0 Å². The lowest BCUT2D eigenvalue weighted by molar-refractivity contribution is -0.171. The lowest BCUT2D eigenvalue weighted by atomic mass is 9.79. The van der Waals surface area contributed by atoms with Gasteiger partial charge >= 0.3 is 23.9 Å². The number of hydrogen-bond acceptors (Lipinski definition) is 16. The number of hydrogen-bond donors (Lipinski definition) is 4. The van der Waals surface area contributed by atoms with Crippen LogP contribution in [0.25, 0.3) is 0 Å². The molecule has 0 spiro atoms. The minimum absolute atomic E-state index is 0.122. The monoisotopic (exact) mass is 1240 g/mol. The predicted molar refractivity (Wildman–Crippen MR) is 349 cm³/mol. The second kappa shape index (κ2) is 28.5. The summed E-state index contributed by atoms with van der Waals surface area (Å²) < 4.78 is 48.3. The van der Waals surface area contributed by atoms with Crippen molar-refractivity contribution in [3.8, 4) is 46.0 Å². The molecule has 0 aliphatic heterocycles. The molecule has 0 amide bonds. The van der Waals surface area contributed by atoms with Crippen LogP contribution in [0.1, 0.15) is 236 Å². The molecule has 0 saturated heterocycles. The second-order valence-corrected chi connectivity index (χ2v) is 32.0. The molecule has 0 aromatic heterocycles. The van der Waals surface area contributed by atoms with E-state index in [1.807, 2.05) is 166 Å². The van der Waals surface area contributed by atoms with E-state index in [-0.39, 0.29) is 75.1 Å². The highest BCUT2D eigenvalue weighted by molar-refractivity contribution is 5.72. The van der Waals surface area contributed by atoms with Gasteiger partial charge in [0.05, 0.1) is 52.1 Å². The van der Waals surface area contributed by atoms with Gasteiger partial charge in [0.1, 0.15) is 77.8 Å². The molecule has 0 radical (unpaired) electrons. The first-order valence-corrected chi connectivity index (χ1v) is 31.1. The molecule has 16 heteroatoms. The molecule has 0 aliphatic carbocycles. The zero-order valence-corrected chi connectivity index (χ0v) is 58.3. The maximum Gasteiger partial charge on any atom is 0.309 e. The number of phenols is 4. The molecule has 0 atom stereocenters. The smallest absolute Gasteiger partial charge is 0.309 e. The van der Waals surface area contributed by atoms with Gasteiger partial charge in [-0.15, -0.1) is 0 Å². The fraction of sp³-hybridized carbons (Fsp3) is 0.616. The van der Waals surface area contributed by atoms with Gasteiger partial charge in [0.25, 0.3) is 0 Å². The Labute approximate surface area is 531 Å². The molecular formula is C73H108O16. The number of carbonyl (C=O) groups excluding carboxylic acids is 4. The van der Waals surface area contributed by atoms with Crippen molar-refractivity contribution >= 4 is 23.9 Å². The van der Waals surface area contributed by atoms with Crippen LogP contribution >= 0.6 is 0 Å². The number of ether oxygens (including phenoxy) is 8. The Morgan fingerprint density at radius 3 is 0.528 bits per heavy atom. The first-order valence-electron chi connectivity index (χ1n) is 31.1. The van der Waals surface area contributed by atoms with Gasteiger partial charge in [0, 0.05) is 44.5 Å². The summed E-state index contributed by atoms with van der Waals surface area (Å²) in [7, 11) is 0. The summed E-state index contributed by atoms with van der Waals surface area (Å²) >= 11 is 0. The van der Waals surface area contributed by atoms with Crippen LogP contribution in [0.4, 0.5) is 0 Å². The number of rotatable bonds is 24. The van der Waals surface area contributed by atoms with E-state index in [1.165, 1.54) is 0 Å². The molecule has 496 valence electrons. The Morgan fingerprint density at radius 2 is 0.404 bits per heavy atom. The SMILES string of the molecule is CC(C)(C)c1cc(OCCC(=O)OCC(COC(=O)CCOc2cc(C(C)(C)C)c(O)c(C(C)(C)C)c2)(COC(=O)CCOc2cc(C(C)(C)C)c(O)c(C(C)(C)C)c2)COC(=O)CCOc2cc(C(C)(C)C)c(O)c(C(C)(C)C)c2)cc(C(C)(C)C)c1O. The van der Waals surface area contributed by atoms with Crippen molar-refractivity contribution in [1.82, 2.24) is 0 Å². The largest absolute Gasteiger partial charge is 0.507 e. The fourth-order valence-corrected chi connectivity index (χ4v) is 9.82. The van der Waals surface area contributed by atoms with Crippen molar-refractivity contribution in [3.05, 3.63) is 93.0 Å². The van der Waals surface area contributed by atoms with E-state index in [4.69, 9.17) is 37.9 Å². The van der Waals surface area contributed by atoms with Crippen molar-refractivity contribution in [1.29, 1.82) is 0 Å². The van der Waals surface area contributed by atoms with Gasteiger partial charge in [0.15, 0.2) is 0 Å². The molecule has 0 unspecified atom stereocenters. The molecule has 4 rings (SSSR count). The summed E-state index contributed by atoms with van der Waals surface area (Å²) in [5.74, 6) is -0.432. The van der Waals surface area contributed by atoms with Crippen LogP contribution in [-0.2, 0) is 81.4 Å². The van der Waals surface area contributed by atoms with E-state index in [0.29, 0.717) is 67.5 Å². The molecule has 0 fully saturated rings.